The average Bonchev–Trinajstić information content (AvgIpc) is 3.21. The van der Waals surface area contributed by atoms with Gasteiger partial charge in [-0.15, -0.1) is 0 Å². The first kappa shape index (κ1) is 20.8. The van der Waals surface area contributed by atoms with E-state index in [2.05, 4.69) is 75.8 Å². The van der Waals surface area contributed by atoms with Gasteiger partial charge in [0.15, 0.2) is 0 Å². The molecule has 4 aromatic rings. The van der Waals surface area contributed by atoms with E-state index in [1.165, 1.54) is 29.1 Å². The summed E-state index contributed by atoms with van der Waals surface area (Å²) in [4.78, 5) is 7.60. The predicted molar refractivity (Wildman–Crippen MR) is 129 cm³/mol. The second-order valence-electron chi connectivity index (χ2n) is 8.58. The van der Waals surface area contributed by atoms with Crippen molar-refractivity contribution in [2.45, 2.75) is 19.9 Å². The van der Waals surface area contributed by atoms with Crippen molar-refractivity contribution >= 4 is 5.65 Å². The lowest BCUT2D eigenvalue weighted by Crippen LogP contribution is -2.28. The maximum Gasteiger partial charge on any atom is 0.137 e. The third-order valence-corrected chi connectivity index (χ3v) is 6.56. The molecule has 1 aliphatic heterocycles. The molecule has 166 valence electrons. The van der Waals surface area contributed by atoms with Gasteiger partial charge in [-0.05, 0) is 75.0 Å². The van der Waals surface area contributed by atoms with E-state index in [0.29, 0.717) is 0 Å². The highest BCUT2D eigenvalue weighted by atomic mass is 16.5. The van der Waals surface area contributed by atoms with Crippen LogP contribution in [0.4, 0.5) is 0 Å². The number of fused-ring (bicyclic) bond motifs is 1. The minimum atomic E-state index is 0.860. The van der Waals surface area contributed by atoms with Gasteiger partial charge < -0.3 is 19.0 Å². The Kier molecular flexibility index (Phi) is 5.72. The van der Waals surface area contributed by atoms with E-state index in [0.717, 1.165) is 55.4 Å². The van der Waals surface area contributed by atoms with Crippen molar-refractivity contribution in [1.82, 2.24) is 24.2 Å². The summed E-state index contributed by atoms with van der Waals surface area (Å²) in [7, 11) is 3.82. The van der Waals surface area contributed by atoms with Crippen LogP contribution in [0.3, 0.4) is 0 Å². The third-order valence-electron chi connectivity index (χ3n) is 6.56. The molecule has 3 aromatic heterocycles. The highest BCUT2D eigenvalue weighted by Crippen LogP contribution is 2.30. The smallest absolute Gasteiger partial charge is 0.137 e. The zero-order valence-electron chi connectivity index (χ0n) is 19.1. The Morgan fingerprint density at radius 1 is 0.969 bits per heavy atom. The van der Waals surface area contributed by atoms with Crippen molar-refractivity contribution in [2.75, 3.05) is 33.3 Å². The van der Waals surface area contributed by atoms with Crippen LogP contribution in [0.2, 0.25) is 0 Å². The first-order valence-electron chi connectivity index (χ1n) is 11.4. The van der Waals surface area contributed by atoms with Gasteiger partial charge in [-0.1, -0.05) is 0 Å². The van der Waals surface area contributed by atoms with Gasteiger partial charge in [-0.25, -0.2) is 4.98 Å². The Morgan fingerprint density at radius 3 is 2.53 bits per heavy atom. The standard InChI is InChI=1S/C26H31N5O/c1-19-5-11-23(29(19)2)21-8-12-25-28-26(20-6-9-22(32-3)10-7-20)24(31(25)17-21)18-30-15-4-13-27-14-16-30/h5-12,17,27H,4,13-16,18H2,1-3H3. The molecule has 0 spiro atoms. The summed E-state index contributed by atoms with van der Waals surface area (Å²) >= 11 is 0. The summed E-state index contributed by atoms with van der Waals surface area (Å²) in [6.07, 6.45) is 3.41. The number of nitrogens with zero attached hydrogens (tertiary/aromatic N) is 4. The van der Waals surface area contributed by atoms with Crippen LogP contribution in [0.1, 0.15) is 17.8 Å². The number of ether oxygens (including phenoxy) is 1. The Labute approximate surface area is 189 Å². The van der Waals surface area contributed by atoms with Crippen molar-refractivity contribution in [3.05, 3.63) is 66.1 Å². The Hall–Kier alpha value is -3.09. The quantitative estimate of drug-likeness (QED) is 0.518. The fraction of sp³-hybridized carbons (Fsp3) is 0.346. The molecule has 1 aromatic carbocycles. The summed E-state index contributed by atoms with van der Waals surface area (Å²) in [6.45, 7) is 7.28. The molecular formula is C26H31N5O. The molecule has 1 N–H and O–H groups in total. The van der Waals surface area contributed by atoms with Crippen molar-refractivity contribution in [1.29, 1.82) is 0 Å². The van der Waals surface area contributed by atoms with Gasteiger partial charge in [0.2, 0.25) is 0 Å². The Bertz CT molecular complexity index is 1210. The molecule has 0 aliphatic carbocycles. The molecular weight excluding hydrogens is 398 g/mol. The van der Waals surface area contributed by atoms with Crippen molar-refractivity contribution in [3.8, 4) is 28.3 Å². The number of nitrogens with one attached hydrogen (secondary N) is 1. The molecule has 6 heteroatoms. The van der Waals surface area contributed by atoms with Crippen molar-refractivity contribution in [2.24, 2.45) is 7.05 Å². The number of aryl methyl sites for hydroxylation is 1. The highest BCUT2D eigenvalue weighted by molar-refractivity contribution is 5.70. The first-order chi connectivity index (χ1) is 15.6. The zero-order valence-corrected chi connectivity index (χ0v) is 19.1. The lowest BCUT2D eigenvalue weighted by Gasteiger charge is -2.20. The molecule has 32 heavy (non-hydrogen) atoms. The summed E-state index contributed by atoms with van der Waals surface area (Å²) in [6, 6.07) is 16.9. The van der Waals surface area contributed by atoms with E-state index in [9.17, 15) is 0 Å². The molecule has 6 nitrogen and oxygen atoms in total. The lowest BCUT2D eigenvalue weighted by molar-refractivity contribution is 0.281. The fourth-order valence-corrected chi connectivity index (χ4v) is 4.55. The molecule has 1 fully saturated rings. The molecule has 4 heterocycles. The average molecular weight is 430 g/mol. The summed E-state index contributed by atoms with van der Waals surface area (Å²) in [5.41, 5.74) is 8.05. The van der Waals surface area contributed by atoms with E-state index in [-0.39, 0.29) is 0 Å². The fourth-order valence-electron chi connectivity index (χ4n) is 4.55. The van der Waals surface area contributed by atoms with Crippen LogP contribution in [0, 0.1) is 6.92 Å². The number of methoxy groups -OCH3 is 1. The van der Waals surface area contributed by atoms with Crippen LogP contribution in [-0.2, 0) is 13.6 Å². The number of hydrogen-bond donors (Lipinski definition) is 1. The van der Waals surface area contributed by atoms with Gasteiger partial charge >= 0.3 is 0 Å². The second kappa shape index (κ2) is 8.81. The number of aromatic nitrogens is 3. The summed E-state index contributed by atoms with van der Waals surface area (Å²) < 4.78 is 9.89. The van der Waals surface area contributed by atoms with Crippen LogP contribution >= 0.6 is 0 Å². The molecule has 0 radical (unpaired) electrons. The topological polar surface area (TPSA) is 46.7 Å². The van der Waals surface area contributed by atoms with Crippen LogP contribution in [-0.4, -0.2) is 52.1 Å². The van der Waals surface area contributed by atoms with Crippen molar-refractivity contribution < 1.29 is 4.74 Å². The predicted octanol–water partition coefficient (Wildman–Crippen LogP) is 4.12. The van der Waals surface area contributed by atoms with E-state index >= 15 is 0 Å². The van der Waals surface area contributed by atoms with Crippen LogP contribution in [0.25, 0.3) is 28.2 Å². The third kappa shape index (κ3) is 3.92. The molecule has 0 amide bonds. The van der Waals surface area contributed by atoms with Crippen LogP contribution in [0.5, 0.6) is 5.75 Å². The van der Waals surface area contributed by atoms with Crippen LogP contribution in [0.15, 0.2) is 54.7 Å². The number of benzene rings is 1. The number of rotatable bonds is 5. The maximum absolute atomic E-state index is 5.36. The van der Waals surface area contributed by atoms with Gasteiger partial charge in [0.05, 0.1) is 18.5 Å². The van der Waals surface area contributed by atoms with Gasteiger partial charge in [-0.3, -0.25) is 4.90 Å². The van der Waals surface area contributed by atoms with Crippen LogP contribution < -0.4 is 10.1 Å². The van der Waals surface area contributed by atoms with E-state index in [1.54, 1.807) is 7.11 Å². The van der Waals surface area contributed by atoms with E-state index in [1.807, 2.05) is 12.1 Å². The lowest BCUT2D eigenvalue weighted by atomic mass is 10.1. The SMILES string of the molecule is COc1ccc(-c2nc3ccc(-c4ccc(C)n4C)cn3c2CN2CCCNCC2)cc1. The van der Waals surface area contributed by atoms with Gasteiger partial charge in [-0.2, -0.15) is 0 Å². The monoisotopic (exact) mass is 429 g/mol. The molecule has 0 atom stereocenters. The molecule has 0 saturated carbocycles. The van der Waals surface area contributed by atoms with Gasteiger partial charge in [0, 0.05) is 55.4 Å². The minimum absolute atomic E-state index is 0.860. The summed E-state index contributed by atoms with van der Waals surface area (Å²) in [5, 5.41) is 3.51. The molecule has 0 bridgehead atoms. The number of hydrogen-bond acceptors (Lipinski definition) is 4. The zero-order chi connectivity index (χ0) is 22.1. The van der Waals surface area contributed by atoms with Crippen molar-refractivity contribution in [3.63, 3.8) is 0 Å². The molecule has 1 saturated heterocycles. The molecule has 0 unspecified atom stereocenters. The van der Waals surface area contributed by atoms with E-state index in [4.69, 9.17) is 9.72 Å². The van der Waals surface area contributed by atoms with Gasteiger partial charge in [0.25, 0.3) is 0 Å². The Balaban J connectivity index is 1.62. The normalized spacial score (nSPS) is 15.2. The van der Waals surface area contributed by atoms with E-state index < -0.39 is 0 Å². The molecule has 1 aliphatic rings. The molecule has 5 rings (SSSR count). The summed E-state index contributed by atoms with van der Waals surface area (Å²) in [5.74, 6) is 0.860. The first-order valence-corrected chi connectivity index (χ1v) is 11.4. The minimum Gasteiger partial charge on any atom is -0.497 e. The number of imidazole rings is 1. The second-order valence-corrected chi connectivity index (χ2v) is 8.58. The Morgan fingerprint density at radius 2 is 1.78 bits per heavy atom. The maximum atomic E-state index is 5.36. The van der Waals surface area contributed by atoms with Gasteiger partial charge in [0.1, 0.15) is 11.4 Å². The largest absolute Gasteiger partial charge is 0.497 e. The highest BCUT2D eigenvalue weighted by Gasteiger charge is 2.19. The number of pyridine rings is 1.